The monoisotopic (exact) mass is 247 g/mol. The summed E-state index contributed by atoms with van der Waals surface area (Å²) in [4.78, 5) is 10.1. The molecule has 2 aromatic rings. The molecule has 3 nitrogen and oxygen atoms in total. The molecule has 4 heteroatoms. The Balaban J connectivity index is 2.35. The van der Waals surface area contributed by atoms with Crippen LogP contribution in [0.2, 0.25) is 0 Å². The van der Waals surface area contributed by atoms with Crippen LogP contribution in [-0.2, 0) is 0 Å². The van der Waals surface area contributed by atoms with Crippen molar-refractivity contribution < 1.29 is 0 Å². The maximum Gasteiger partial charge on any atom is 0.0863 e. The molecular weight excluding hydrogens is 230 g/mol. The van der Waals surface area contributed by atoms with Crippen molar-refractivity contribution in [3.8, 4) is 0 Å². The fourth-order valence-electron chi connectivity index (χ4n) is 1.77. The van der Waals surface area contributed by atoms with E-state index >= 15 is 0 Å². The lowest BCUT2D eigenvalue weighted by Crippen LogP contribution is -2.22. The first kappa shape index (κ1) is 12.2. The maximum atomic E-state index is 4.48. The van der Waals surface area contributed by atoms with Crippen LogP contribution in [0.15, 0.2) is 23.8 Å². The zero-order valence-corrected chi connectivity index (χ0v) is 11.2. The van der Waals surface area contributed by atoms with Crippen LogP contribution in [-0.4, -0.2) is 16.5 Å². The number of rotatable bonds is 4. The van der Waals surface area contributed by atoms with Gasteiger partial charge in [0.25, 0.3) is 0 Å². The van der Waals surface area contributed by atoms with Gasteiger partial charge >= 0.3 is 0 Å². The highest BCUT2D eigenvalue weighted by atomic mass is 32.1. The molecular formula is C13H17N3S. The van der Waals surface area contributed by atoms with Crippen LogP contribution in [0.4, 0.5) is 0 Å². The van der Waals surface area contributed by atoms with Gasteiger partial charge in [0.2, 0.25) is 0 Å². The van der Waals surface area contributed by atoms with Gasteiger partial charge in [0.15, 0.2) is 0 Å². The number of thiophene rings is 1. The van der Waals surface area contributed by atoms with E-state index in [-0.39, 0.29) is 6.04 Å². The van der Waals surface area contributed by atoms with Crippen molar-refractivity contribution in [1.29, 1.82) is 0 Å². The molecule has 0 aliphatic heterocycles. The van der Waals surface area contributed by atoms with Crippen LogP contribution in [0.1, 0.15) is 34.8 Å². The second kappa shape index (κ2) is 5.38. The molecule has 2 aromatic heterocycles. The van der Waals surface area contributed by atoms with Gasteiger partial charge in [-0.2, -0.15) is 0 Å². The molecule has 0 aliphatic rings. The number of hydrogen-bond donors (Lipinski definition) is 1. The normalized spacial score (nSPS) is 12.6. The standard InChI is InChI=1S/C13H17N3S/c1-4-14-12(13-9(2)5-6-17-13)11-8-15-10(3)7-16-11/h5-8,12,14H,4H2,1-3H3. The Morgan fingerprint density at radius 3 is 2.65 bits per heavy atom. The summed E-state index contributed by atoms with van der Waals surface area (Å²) in [6.45, 7) is 7.11. The van der Waals surface area contributed by atoms with E-state index in [1.54, 1.807) is 11.3 Å². The number of aryl methyl sites for hydroxylation is 2. The number of aromatic nitrogens is 2. The van der Waals surface area contributed by atoms with Crippen LogP contribution in [0.5, 0.6) is 0 Å². The molecule has 1 N–H and O–H groups in total. The van der Waals surface area contributed by atoms with Gasteiger partial charge in [-0.1, -0.05) is 6.92 Å². The minimum absolute atomic E-state index is 0.160. The average molecular weight is 247 g/mol. The van der Waals surface area contributed by atoms with Crippen LogP contribution >= 0.6 is 11.3 Å². The van der Waals surface area contributed by atoms with Gasteiger partial charge in [0, 0.05) is 11.1 Å². The molecule has 0 radical (unpaired) electrons. The molecule has 90 valence electrons. The Hall–Kier alpha value is -1.26. The Morgan fingerprint density at radius 1 is 1.29 bits per heavy atom. The lowest BCUT2D eigenvalue weighted by atomic mass is 10.1. The molecule has 17 heavy (non-hydrogen) atoms. The molecule has 1 unspecified atom stereocenters. The van der Waals surface area contributed by atoms with E-state index in [1.807, 2.05) is 19.3 Å². The number of nitrogens with zero attached hydrogens (tertiary/aromatic N) is 2. The molecule has 2 heterocycles. The summed E-state index contributed by atoms with van der Waals surface area (Å²) in [5, 5.41) is 5.59. The first-order valence-corrected chi connectivity index (χ1v) is 6.66. The van der Waals surface area contributed by atoms with E-state index in [2.05, 4.69) is 40.6 Å². The first-order chi connectivity index (χ1) is 8.22. The van der Waals surface area contributed by atoms with Crippen molar-refractivity contribution in [3.63, 3.8) is 0 Å². The van der Waals surface area contributed by atoms with Crippen molar-refractivity contribution >= 4 is 11.3 Å². The fourth-order valence-corrected chi connectivity index (χ4v) is 2.78. The third kappa shape index (κ3) is 2.70. The molecule has 2 rings (SSSR count). The largest absolute Gasteiger partial charge is 0.305 e. The molecule has 0 saturated carbocycles. The molecule has 0 saturated heterocycles. The van der Waals surface area contributed by atoms with Crippen LogP contribution in [0, 0.1) is 13.8 Å². The van der Waals surface area contributed by atoms with E-state index in [4.69, 9.17) is 0 Å². The third-order valence-electron chi connectivity index (χ3n) is 2.67. The first-order valence-electron chi connectivity index (χ1n) is 5.78. The van der Waals surface area contributed by atoms with Crippen LogP contribution < -0.4 is 5.32 Å². The van der Waals surface area contributed by atoms with Crippen molar-refractivity contribution in [1.82, 2.24) is 15.3 Å². The van der Waals surface area contributed by atoms with E-state index in [9.17, 15) is 0 Å². The molecule has 0 aromatic carbocycles. The zero-order valence-electron chi connectivity index (χ0n) is 10.4. The molecule has 0 aliphatic carbocycles. The summed E-state index contributed by atoms with van der Waals surface area (Å²) in [5.41, 5.74) is 3.25. The van der Waals surface area contributed by atoms with Crippen molar-refractivity contribution in [2.45, 2.75) is 26.8 Å². The molecule has 0 amide bonds. The van der Waals surface area contributed by atoms with Crippen molar-refractivity contribution in [2.75, 3.05) is 6.54 Å². The Morgan fingerprint density at radius 2 is 2.12 bits per heavy atom. The predicted octanol–water partition coefficient (Wildman–Crippen LogP) is 2.85. The predicted molar refractivity (Wildman–Crippen MR) is 71.3 cm³/mol. The van der Waals surface area contributed by atoms with E-state index < -0.39 is 0 Å². The molecule has 0 fully saturated rings. The van der Waals surface area contributed by atoms with E-state index in [1.165, 1.54) is 10.4 Å². The average Bonchev–Trinajstić information content (AvgIpc) is 2.74. The summed E-state index contributed by atoms with van der Waals surface area (Å²) in [7, 11) is 0. The topological polar surface area (TPSA) is 37.8 Å². The minimum atomic E-state index is 0.160. The third-order valence-corrected chi connectivity index (χ3v) is 3.75. The SMILES string of the molecule is CCNC(c1cnc(C)cn1)c1sccc1C. The summed E-state index contributed by atoms with van der Waals surface area (Å²) in [5.74, 6) is 0. The molecule has 1 atom stereocenters. The lowest BCUT2D eigenvalue weighted by Gasteiger charge is -2.16. The van der Waals surface area contributed by atoms with Gasteiger partial charge < -0.3 is 5.32 Å². The van der Waals surface area contributed by atoms with Gasteiger partial charge in [-0.25, -0.2) is 0 Å². The highest BCUT2D eigenvalue weighted by Crippen LogP contribution is 2.27. The highest BCUT2D eigenvalue weighted by Gasteiger charge is 2.17. The molecule has 0 bridgehead atoms. The second-order valence-corrected chi connectivity index (χ2v) is 4.99. The molecule has 0 spiro atoms. The summed E-state index contributed by atoms with van der Waals surface area (Å²) in [6.07, 6.45) is 3.68. The van der Waals surface area contributed by atoms with Crippen LogP contribution in [0.25, 0.3) is 0 Å². The van der Waals surface area contributed by atoms with E-state index in [0.717, 1.165) is 17.9 Å². The smallest absolute Gasteiger partial charge is 0.0863 e. The minimum Gasteiger partial charge on any atom is -0.305 e. The number of hydrogen-bond acceptors (Lipinski definition) is 4. The van der Waals surface area contributed by atoms with Crippen molar-refractivity contribution in [3.05, 3.63) is 45.7 Å². The van der Waals surface area contributed by atoms with Gasteiger partial charge in [-0.3, -0.25) is 9.97 Å². The van der Waals surface area contributed by atoms with Gasteiger partial charge in [0.05, 0.1) is 23.6 Å². The van der Waals surface area contributed by atoms with Gasteiger partial charge in [-0.15, -0.1) is 11.3 Å². The van der Waals surface area contributed by atoms with Crippen LogP contribution in [0.3, 0.4) is 0 Å². The Labute approximate surface area is 106 Å². The lowest BCUT2D eigenvalue weighted by molar-refractivity contribution is 0.618. The second-order valence-electron chi connectivity index (χ2n) is 4.04. The fraction of sp³-hybridized carbons (Fsp3) is 0.385. The number of nitrogens with one attached hydrogen (secondary N) is 1. The zero-order chi connectivity index (χ0) is 12.3. The Bertz CT molecular complexity index is 476. The van der Waals surface area contributed by atoms with Gasteiger partial charge in [0.1, 0.15) is 0 Å². The quantitative estimate of drug-likeness (QED) is 0.902. The summed E-state index contributed by atoms with van der Waals surface area (Å²) < 4.78 is 0. The van der Waals surface area contributed by atoms with Crippen molar-refractivity contribution in [2.24, 2.45) is 0 Å². The summed E-state index contributed by atoms with van der Waals surface area (Å²) in [6, 6.07) is 2.31. The Kier molecular flexibility index (Phi) is 3.86. The summed E-state index contributed by atoms with van der Waals surface area (Å²) >= 11 is 1.77. The van der Waals surface area contributed by atoms with Gasteiger partial charge in [-0.05, 0) is 37.4 Å². The maximum absolute atomic E-state index is 4.48. The van der Waals surface area contributed by atoms with E-state index in [0.29, 0.717) is 0 Å². The highest BCUT2D eigenvalue weighted by molar-refractivity contribution is 7.10.